The second kappa shape index (κ2) is 6.71. The van der Waals surface area contributed by atoms with Gasteiger partial charge in [0.15, 0.2) is 5.82 Å². The Hall–Kier alpha value is -1.61. The zero-order valence-corrected chi connectivity index (χ0v) is 12.7. The Morgan fingerprint density at radius 1 is 1.50 bits per heavy atom. The maximum absolute atomic E-state index is 12.3. The van der Waals surface area contributed by atoms with Crippen LogP contribution in [0.3, 0.4) is 0 Å². The van der Waals surface area contributed by atoms with Crippen molar-refractivity contribution in [3.05, 3.63) is 6.20 Å². The molecule has 8 nitrogen and oxygen atoms in total. The van der Waals surface area contributed by atoms with Crippen LogP contribution in [-0.2, 0) is 26.1 Å². The Morgan fingerprint density at radius 2 is 2.15 bits per heavy atom. The SMILES string of the molecule is CCOC(=O)CCN(C)S(=O)(=O)c1cn(CC)nc1N. The van der Waals surface area contributed by atoms with E-state index in [0.29, 0.717) is 6.54 Å². The van der Waals surface area contributed by atoms with Gasteiger partial charge in [-0.25, -0.2) is 12.7 Å². The molecule has 0 saturated heterocycles. The van der Waals surface area contributed by atoms with Gasteiger partial charge in [-0.15, -0.1) is 0 Å². The van der Waals surface area contributed by atoms with Crippen molar-refractivity contribution in [3.63, 3.8) is 0 Å². The first kappa shape index (κ1) is 16.4. The zero-order chi connectivity index (χ0) is 15.3. The number of hydrogen-bond acceptors (Lipinski definition) is 6. The van der Waals surface area contributed by atoms with Crippen molar-refractivity contribution in [2.75, 3.05) is 25.9 Å². The van der Waals surface area contributed by atoms with Crippen LogP contribution in [0.25, 0.3) is 0 Å². The molecule has 0 fully saturated rings. The van der Waals surface area contributed by atoms with Gasteiger partial charge in [-0.2, -0.15) is 5.10 Å². The molecule has 1 rings (SSSR count). The second-order valence-corrected chi connectivity index (χ2v) is 6.13. The fourth-order valence-electron chi connectivity index (χ4n) is 1.55. The molecule has 0 unspecified atom stereocenters. The van der Waals surface area contributed by atoms with Crippen LogP contribution in [0, 0.1) is 0 Å². The van der Waals surface area contributed by atoms with E-state index < -0.39 is 16.0 Å². The van der Waals surface area contributed by atoms with E-state index in [1.54, 1.807) is 6.92 Å². The van der Waals surface area contributed by atoms with Crippen LogP contribution in [0.1, 0.15) is 20.3 Å². The molecule has 1 aromatic heterocycles. The van der Waals surface area contributed by atoms with E-state index in [1.165, 1.54) is 17.9 Å². The van der Waals surface area contributed by atoms with Gasteiger partial charge in [-0.3, -0.25) is 9.48 Å². The van der Waals surface area contributed by atoms with Crippen LogP contribution in [0.4, 0.5) is 5.82 Å². The van der Waals surface area contributed by atoms with Gasteiger partial charge in [0.2, 0.25) is 10.0 Å². The molecule has 0 aromatic carbocycles. The van der Waals surface area contributed by atoms with Crippen LogP contribution in [0.15, 0.2) is 11.1 Å². The summed E-state index contributed by atoms with van der Waals surface area (Å²) >= 11 is 0. The van der Waals surface area contributed by atoms with Gasteiger partial charge in [0.1, 0.15) is 4.90 Å². The number of nitrogens with zero attached hydrogens (tertiary/aromatic N) is 3. The Morgan fingerprint density at radius 3 is 2.65 bits per heavy atom. The summed E-state index contributed by atoms with van der Waals surface area (Å²) in [6.07, 6.45) is 1.37. The molecule has 0 bridgehead atoms. The molecule has 0 aliphatic carbocycles. The van der Waals surface area contributed by atoms with Crippen LogP contribution in [0.5, 0.6) is 0 Å². The third-order valence-corrected chi connectivity index (χ3v) is 4.58. The third kappa shape index (κ3) is 3.70. The van der Waals surface area contributed by atoms with Crippen LogP contribution >= 0.6 is 0 Å². The minimum Gasteiger partial charge on any atom is -0.466 e. The number of carbonyl (C=O) groups is 1. The molecule has 0 radical (unpaired) electrons. The molecular formula is C11H20N4O4S. The first-order chi connectivity index (χ1) is 9.32. The quantitative estimate of drug-likeness (QED) is 0.714. The number of nitrogen functional groups attached to an aromatic ring is 1. The van der Waals surface area contributed by atoms with Gasteiger partial charge in [-0.1, -0.05) is 0 Å². The first-order valence-electron chi connectivity index (χ1n) is 6.27. The first-order valence-corrected chi connectivity index (χ1v) is 7.71. The number of sulfonamides is 1. The van der Waals surface area contributed by atoms with E-state index in [0.717, 1.165) is 4.31 Å². The van der Waals surface area contributed by atoms with Crippen LogP contribution < -0.4 is 5.73 Å². The summed E-state index contributed by atoms with van der Waals surface area (Å²) in [5.74, 6) is -0.485. The number of esters is 1. The molecule has 1 heterocycles. The van der Waals surface area contributed by atoms with Crippen molar-refractivity contribution in [3.8, 4) is 0 Å². The molecule has 9 heteroatoms. The van der Waals surface area contributed by atoms with Crippen molar-refractivity contribution in [2.45, 2.75) is 31.7 Å². The van der Waals surface area contributed by atoms with Crippen molar-refractivity contribution in [1.29, 1.82) is 0 Å². The normalized spacial score (nSPS) is 11.8. The standard InChI is InChI=1S/C11H20N4O4S/c1-4-15-8-9(11(12)13-15)20(17,18)14(3)7-6-10(16)19-5-2/h8H,4-7H2,1-3H3,(H2,12,13). The van der Waals surface area contributed by atoms with Gasteiger partial charge in [-0.05, 0) is 13.8 Å². The number of aromatic nitrogens is 2. The lowest BCUT2D eigenvalue weighted by atomic mass is 10.4. The second-order valence-electron chi connectivity index (χ2n) is 4.12. The molecule has 114 valence electrons. The number of anilines is 1. The predicted molar refractivity (Wildman–Crippen MR) is 73.4 cm³/mol. The fraction of sp³-hybridized carbons (Fsp3) is 0.636. The molecule has 1 aromatic rings. The molecule has 2 N–H and O–H groups in total. The van der Waals surface area contributed by atoms with Crippen molar-refractivity contribution >= 4 is 21.8 Å². The highest BCUT2D eigenvalue weighted by molar-refractivity contribution is 7.89. The van der Waals surface area contributed by atoms with Gasteiger partial charge < -0.3 is 10.5 Å². The molecule has 0 aliphatic heterocycles. The number of hydrogen-bond donors (Lipinski definition) is 1. The topological polar surface area (TPSA) is 108 Å². The Labute approximate surface area is 118 Å². The number of nitrogens with two attached hydrogens (primary N) is 1. The monoisotopic (exact) mass is 304 g/mol. The average molecular weight is 304 g/mol. The van der Waals surface area contributed by atoms with E-state index in [4.69, 9.17) is 10.5 Å². The Kier molecular flexibility index (Phi) is 5.52. The molecule has 0 spiro atoms. The zero-order valence-electron chi connectivity index (χ0n) is 11.9. The minimum atomic E-state index is -3.75. The minimum absolute atomic E-state index is 0.00854. The average Bonchev–Trinajstić information content (AvgIpc) is 2.78. The number of ether oxygens (including phenoxy) is 1. The van der Waals surface area contributed by atoms with E-state index in [9.17, 15) is 13.2 Å². The molecular weight excluding hydrogens is 284 g/mol. The molecule has 0 amide bonds. The predicted octanol–water partition coefficient (Wildman–Crippen LogP) is 0.0589. The largest absolute Gasteiger partial charge is 0.466 e. The van der Waals surface area contributed by atoms with E-state index >= 15 is 0 Å². The van der Waals surface area contributed by atoms with Gasteiger partial charge in [0.05, 0.1) is 13.0 Å². The maximum atomic E-state index is 12.3. The lowest BCUT2D eigenvalue weighted by Gasteiger charge is -2.15. The maximum Gasteiger partial charge on any atom is 0.307 e. The molecule has 0 aliphatic rings. The van der Waals surface area contributed by atoms with E-state index in [2.05, 4.69) is 5.10 Å². The number of carbonyl (C=O) groups excluding carboxylic acids is 1. The summed E-state index contributed by atoms with van der Waals surface area (Å²) in [4.78, 5) is 11.2. The number of aryl methyl sites for hydroxylation is 1. The molecule has 0 atom stereocenters. The summed E-state index contributed by atoms with van der Waals surface area (Å²) in [5.41, 5.74) is 5.62. The van der Waals surface area contributed by atoms with Crippen molar-refractivity contribution in [2.24, 2.45) is 0 Å². The lowest BCUT2D eigenvalue weighted by molar-refractivity contribution is -0.143. The van der Waals surface area contributed by atoms with Crippen molar-refractivity contribution in [1.82, 2.24) is 14.1 Å². The Bertz CT molecular complexity index is 567. The highest BCUT2D eigenvalue weighted by Crippen LogP contribution is 2.20. The summed E-state index contributed by atoms with van der Waals surface area (Å²) in [5, 5.41) is 3.90. The van der Waals surface area contributed by atoms with Crippen LogP contribution in [-0.4, -0.2) is 48.7 Å². The third-order valence-electron chi connectivity index (χ3n) is 2.70. The smallest absolute Gasteiger partial charge is 0.307 e. The van der Waals surface area contributed by atoms with Gasteiger partial charge in [0.25, 0.3) is 0 Å². The lowest BCUT2D eigenvalue weighted by Crippen LogP contribution is -2.29. The van der Waals surface area contributed by atoms with Crippen LogP contribution in [0.2, 0.25) is 0 Å². The Balaban J connectivity index is 2.81. The summed E-state index contributed by atoms with van der Waals surface area (Å²) in [7, 11) is -2.37. The van der Waals surface area contributed by atoms with E-state index in [1.807, 2.05) is 6.92 Å². The number of rotatable bonds is 7. The summed E-state index contributed by atoms with van der Waals surface area (Å²) < 4.78 is 31.9. The molecule has 0 saturated carbocycles. The highest BCUT2D eigenvalue weighted by atomic mass is 32.2. The van der Waals surface area contributed by atoms with Gasteiger partial charge >= 0.3 is 5.97 Å². The van der Waals surface area contributed by atoms with Gasteiger partial charge in [0, 0.05) is 26.3 Å². The summed E-state index contributed by atoms with van der Waals surface area (Å²) in [6.45, 7) is 4.33. The highest BCUT2D eigenvalue weighted by Gasteiger charge is 2.26. The van der Waals surface area contributed by atoms with E-state index in [-0.39, 0.29) is 30.3 Å². The fourth-order valence-corrected chi connectivity index (χ4v) is 2.78. The molecule has 20 heavy (non-hydrogen) atoms. The summed E-state index contributed by atoms with van der Waals surface area (Å²) in [6, 6.07) is 0. The van der Waals surface area contributed by atoms with Crippen molar-refractivity contribution < 1.29 is 17.9 Å².